The van der Waals surface area contributed by atoms with E-state index < -0.39 is 0 Å². The Labute approximate surface area is 95.8 Å². The van der Waals surface area contributed by atoms with Crippen molar-refractivity contribution in [2.24, 2.45) is 5.92 Å². The second-order valence-electron chi connectivity index (χ2n) is 4.02. The highest BCUT2D eigenvalue weighted by atomic mass is 35.5. The quantitative estimate of drug-likeness (QED) is 0.670. The maximum atomic E-state index is 13.3. The fourth-order valence-corrected chi connectivity index (χ4v) is 1.66. The highest BCUT2D eigenvalue weighted by Crippen LogP contribution is 2.17. The fourth-order valence-electron chi connectivity index (χ4n) is 1.27. The van der Waals surface area contributed by atoms with Crippen molar-refractivity contribution in [1.29, 1.82) is 0 Å². The van der Waals surface area contributed by atoms with Gasteiger partial charge in [-0.15, -0.1) is 11.6 Å². The van der Waals surface area contributed by atoms with Gasteiger partial charge in [-0.1, -0.05) is 37.6 Å². The number of rotatable bonds is 3. The SMILES string of the molecule is Cc1ccc(/C=C(\CCl)C(C)C)cc1F. The largest absolute Gasteiger partial charge is 0.207 e. The van der Waals surface area contributed by atoms with E-state index in [4.69, 9.17) is 11.6 Å². The van der Waals surface area contributed by atoms with Crippen LogP contribution in [0.4, 0.5) is 4.39 Å². The van der Waals surface area contributed by atoms with E-state index in [1.165, 1.54) is 0 Å². The Morgan fingerprint density at radius 3 is 2.60 bits per heavy atom. The minimum absolute atomic E-state index is 0.165. The van der Waals surface area contributed by atoms with Gasteiger partial charge in [0.05, 0.1) is 0 Å². The highest BCUT2D eigenvalue weighted by molar-refractivity contribution is 6.19. The summed E-state index contributed by atoms with van der Waals surface area (Å²) in [6.45, 7) is 5.92. The number of benzene rings is 1. The lowest BCUT2D eigenvalue weighted by Crippen LogP contribution is -1.95. The van der Waals surface area contributed by atoms with Crippen LogP contribution >= 0.6 is 11.6 Å². The van der Waals surface area contributed by atoms with Gasteiger partial charge in [-0.2, -0.15) is 0 Å². The van der Waals surface area contributed by atoms with Crippen LogP contribution in [0.3, 0.4) is 0 Å². The summed E-state index contributed by atoms with van der Waals surface area (Å²) in [7, 11) is 0. The zero-order chi connectivity index (χ0) is 11.4. The summed E-state index contributed by atoms with van der Waals surface area (Å²) >= 11 is 5.82. The van der Waals surface area contributed by atoms with Crippen molar-refractivity contribution in [3.05, 3.63) is 40.7 Å². The van der Waals surface area contributed by atoms with Gasteiger partial charge in [0.2, 0.25) is 0 Å². The molecular formula is C13H16ClF. The van der Waals surface area contributed by atoms with Gasteiger partial charge in [0.1, 0.15) is 5.82 Å². The van der Waals surface area contributed by atoms with Crippen LogP contribution in [0, 0.1) is 18.7 Å². The second kappa shape index (κ2) is 5.32. The molecule has 0 heterocycles. The molecule has 0 nitrogen and oxygen atoms in total. The van der Waals surface area contributed by atoms with E-state index in [1.54, 1.807) is 19.1 Å². The molecule has 0 saturated carbocycles. The van der Waals surface area contributed by atoms with Gasteiger partial charge in [-0.05, 0) is 30.0 Å². The van der Waals surface area contributed by atoms with Gasteiger partial charge < -0.3 is 0 Å². The molecule has 1 aromatic rings. The molecule has 0 amide bonds. The minimum atomic E-state index is -0.165. The van der Waals surface area contributed by atoms with E-state index in [1.807, 2.05) is 12.1 Å². The zero-order valence-corrected chi connectivity index (χ0v) is 10.1. The molecule has 0 fully saturated rings. The Bertz CT molecular complexity index is 367. The van der Waals surface area contributed by atoms with Crippen molar-refractivity contribution in [2.45, 2.75) is 20.8 Å². The minimum Gasteiger partial charge on any atom is -0.207 e. The second-order valence-corrected chi connectivity index (χ2v) is 4.28. The molecule has 0 aromatic heterocycles. The number of hydrogen-bond acceptors (Lipinski definition) is 0. The van der Waals surface area contributed by atoms with Crippen LogP contribution in [-0.4, -0.2) is 5.88 Å². The Morgan fingerprint density at radius 1 is 1.47 bits per heavy atom. The predicted molar refractivity (Wildman–Crippen MR) is 64.7 cm³/mol. The molecule has 0 saturated heterocycles. The van der Waals surface area contributed by atoms with Gasteiger partial charge in [0.25, 0.3) is 0 Å². The van der Waals surface area contributed by atoms with E-state index in [-0.39, 0.29) is 5.82 Å². The van der Waals surface area contributed by atoms with Crippen molar-refractivity contribution in [2.75, 3.05) is 5.88 Å². The van der Waals surface area contributed by atoms with E-state index in [0.29, 0.717) is 17.4 Å². The van der Waals surface area contributed by atoms with Crippen LogP contribution < -0.4 is 0 Å². The van der Waals surface area contributed by atoms with Crippen LogP contribution in [0.15, 0.2) is 23.8 Å². The first-order valence-electron chi connectivity index (χ1n) is 5.07. The molecular weight excluding hydrogens is 211 g/mol. The third-order valence-electron chi connectivity index (χ3n) is 2.44. The predicted octanol–water partition coefficient (Wildman–Crippen LogP) is 4.41. The van der Waals surface area contributed by atoms with Crippen molar-refractivity contribution in [3.8, 4) is 0 Å². The smallest absolute Gasteiger partial charge is 0.126 e. The summed E-state index contributed by atoms with van der Waals surface area (Å²) in [5, 5.41) is 0. The Kier molecular flexibility index (Phi) is 4.34. The molecule has 0 aliphatic rings. The summed E-state index contributed by atoms with van der Waals surface area (Å²) in [6.07, 6.45) is 1.96. The molecule has 1 rings (SSSR count). The molecule has 0 N–H and O–H groups in total. The van der Waals surface area contributed by atoms with E-state index in [2.05, 4.69) is 13.8 Å². The van der Waals surface area contributed by atoms with Crippen LogP contribution in [0.1, 0.15) is 25.0 Å². The average Bonchev–Trinajstić information content (AvgIpc) is 2.19. The van der Waals surface area contributed by atoms with Crippen molar-refractivity contribution in [3.63, 3.8) is 0 Å². The molecule has 15 heavy (non-hydrogen) atoms. The van der Waals surface area contributed by atoms with E-state index in [9.17, 15) is 4.39 Å². The monoisotopic (exact) mass is 226 g/mol. The third kappa shape index (κ3) is 3.35. The van der Waals surface area contributed by atoms with E-state index >= 15 is 0 Å². The lowest BCUT2D eigenvalue weighted by atomic mass is 10.0. The van der Waals surface area contributed by atoms with E-state index in [0.717, 1.165) is 11.1 Å². The summed E-state index contributed by atoms with van der Waals surface area (Å²) in [5.41, 5.74) is 2.67. The maximum absolute atomic E-state index is 13.3. The normalized spacial score (nSPS) is 12.3. The third-order valence-corrected chi connectivity index (χ3v) is 2.75. The van der Waals surface area contributed by atoms with Gasteiger partial charge in [-0.25, -0.2) is 4.39 Å². The number of aryl methyl sites for hydroxylation is 1. The lowest BCUT2D eigenvalue weighted by molar-refractivity contribution is 0.618. The number of allylic oxidation sites excluding steroid dienone is 1. The molecule has 0 unspecified atom stereocenters. The summed E-state index contributed by atoms with van der Waals surface area (Å²) in [4.78, 5) is 0. The summed E-state index contributed by atoms with van der Waals surface area (Å²) in [6, 6.07) is 5.24. The molecule has 0 atom stereocenters. The zero-order valence-electron chi connectivity index (χ0n) is 9.35. The first kappa shape index (κ1) is 12.3. The highest BCUT2D eigenvalue weighted by Gasteiger charge is 2.03. The maximum Gasteiger partial charge on any atom is 0.126 e. The van der Waals surface area contributed by atoms with Gasteiger partial charge in [0, 0.05) is 5.88 Å². The first-order valence-corrected chi connectivity index (χ1v) is 5.60. The van der Waals surface area contributed by atoms with Crippen LogP contribution in [0.2, 0.25) is 0 Å². The number of alkyl halides is 1. The standard InChI is InChI=1S/C13H16ClF/c1-9(2)12(8-14)6-11-5-4-10(3)13(15)7-11/h4-7,9H,8H2,1-3H3/b12-6+. The van der Waals surface area contributed by atoms with Crippen LogP contribution in [-0.2, 0) is 0 Å². The first-order chi connectivity index (χ1) is 7.04. The Balaban J connectivity index is 3.01. The average molecular weight is 227 g/mol. The molecule has 0 radical (unpaired) electrons. The van der Waals surface area contributed by atoms with Gasteiger partial charge in [-0.3, -0.25) is 0 Å². The van der Waals surface area contributed by atoms with Crippen molar-refractivity contribution < 1.29 is 4.39 Å². The van der Waals surface area contributed by atoms with Crippen molar-refractivity contribution in [1.82, 2.24) is 0 Å². The fraction of sp³-hybridized carbons (Fsp3) is 0.385. The molecule has 0 spiro atoms. The lowest BCUT2D eigenvalue weighted by Gasteiger charge is -2.08. The molecule has 0 aliphatic heterocycles. The molecule has 0 aliphatic carbocycles. The topological polar surface area (TPSA) is 0 Å². The molecule has 2 heteroatoms. The van der Waals surface area contributed by atoms with Crippen molar-refractivity contribution >= 4 is 17.7 Å². The molecule has 1 aromatic carbocycles. The van der Waals surface area contributed by atoms with Crippen LogP contribution in [0.25, 0.3) is 6.08 Å². The van der Waals surface area contributed by atoms with Crippen LogP contribution in [0.5, 0.6) is 0 Å². The molecule has 0 bridgehead atoms. The summed E-state index contributed by atoms with van der Waals surface area (Å²) < 4.78 is 13.3. The van der Waals surface area contributed by atoms with Gasteiger partial charge >= 0.3 is 0 Å². The Hall–Kier alpha value is -0.820. The molecule has 82 valence electrons. The van der Waals surface area contributed by atoms with Gasteiger partial charge in [0.15, 0.2) is 0 Å². The number of halogens is 2. The summed E-state index contributed by atoms with van der Waals surface area (Å²) in [5.74, 6) is 0.723. The number of hydrogen-bond donors (Lipinski definition) is 0. The Morgan fingerprint density at radius 2 is 2.13 bits per heavy atom.